The zero-order valence-electron chi connectivity index (χ0n) is 6.52. The third kappa shape index (κ3) is 1.36. The summed E-state index contributed by atoms with van der Waals surface area (Å²) < 4.78 is 0. The SMILES string of the molecule is ClCC1=NC2CCCCC2N1. The number of hydrogen-bond acceptors (Lipinski definition) is 2. The minimum atomic E-state index is 0.539. The lowest BCUT2D eigenvalue weighted by atomic mass is 9.92. The van der Waals surface area contributed by atoms with Crippen molar-refractivity contribution in [3.8, 4) is 0 Å². The van der Waals surface area contributed by atoms with Gasteiger partial charge in [-0.05, 0) is 12.8 Å². The zero-order valence-corrected chi connectivity index (χ0v) is 7.27. The van der Waals surface area contributed by atoms with Crippen LogP contribution >= 0.6 is 11.6 Å². The summed E-state index contributed by atoms with van der Waals surface area (Å²) in [5, 5.41) is 3.36. The molecule has 2 unspecified atom stereocenters. The summed E-state index contributed by atoms with van der Waals surface area (Å²) >= 11 is 5.68. The van der Waals surface area contributed by atoms with Crippen LogP contribution in [0, 0.1) is 0 Å². The van der Waals surface area contributed by atoms with Crippen LogP contribution in [0.25, 0.3) is 0 Å². The number of nitrogens with one attached hydrogen (secondary N) is 1. The number of alkyl halides is 1. The molecule has 0 aromatic heterocycles. The Morgan fingerprint density at radius 2 is 2.27 bits per heavy atom. The van der Waals surface area contributed by atoms with Crippen molar-refractivity contribution in [3.05, 3.63) is 0 Å². The Labute approximate surface area is 72.0 Å². The Bertz CT molecular complexity index is 179. The molecular formula is C8H13ClN2. The molecule has 1 heterocycles. The molecule has 1 fully saturated rings. The topological polar surface area (TPSA) is 24.4 Å². The number of amidine groups is 1. The van der Waals surface area contributed by atoms with Crippen LogP contribution in [0.1, 0.15) is 25.7 Å². The second-order valence-electron chi connectivity index (χ2n) is 3.31. The van der Waals surface area contributed by atoms with Gasteiger partial charge in [0.25, 0.3) is 0 Å². The van der Waals surface area contributed by atoms with Crippen LogP contribution in [0.3, 0.4) is 0 Å². The monoisotopic (exact) mass is 172 g/mol. The van der Waals surface area contributed by atoms with Gasteiger partial charge >= 0.3 is 0 Å². The summed E-state index contributed by atoms with van der Waals surface area (Å²) in [6.07, 6.45) is 5.20. The van der Waals surface area contributed by atoms with Gasteiger partial charge in [-0.2, -0.15) is 0 Å². The van der Waals surface area contributed by atoms with Gasteiger partial charge in [0.1, 0.15) is 5.84 Å². The smallest absolute Gasteiger partial charge is 0.112 e. The Morgan fingerprint density at radius 3 is 3.00 bits per heavy atom. The Hall–Kier alpha value is -0.240. The predicted molar refractivity (Wildman–Crippen MR) is 47.3 cm³/mol. The Balaban J connectivity index is 2.02. The second-order valence-corrected chi connectivity index (χ2v) is 3.58. The van der Waals surface area contributed by atoms with E-state index in [2.05, 4.69) is 10.3 Å². The molecular weight excluding hydrogens is 160 g/mol. The first-order valence-corrected chi connectivity index (χ1v) is 4.83. The van der Waals surface area contributed by atoms with Gasteiger partial charge in [-0.15, -0.1) is 11.6 Å². The molecule has 0 aromatic rings. The van der Waals surface area contributed by atoms with Gasteiger partial charge < -0.3 is 5.32 Å². The summed E-state index contributed by atoms with van der Waals surface area (Å²) in [6, 6.07) is 1.15. The first kappa shape index (κ1) is 7.41. The van der Waals surface area contributed by atoms with E-state index in [9.17, 15) is 0 Å². The quantitative estimate of drug-likeness (QED) is 0.597. The van der Waals surface area contributed by atoms with E-state index in [-0.39, 0.29) is 0 Å². The lowest BCUT2D eigenvalue weighted by molar-refractivity contribution is 0.384. The molecule has 0 amide bonds. The third-order valence-electron chi connectivity index (χ3n) is 2.53. The van der Waals surface area contributed by atoms with E-state index in [1.165, 1.54) is 25.7 Å². The van der Waals surface area contributed by atoms with Gasteiger partial charge in [0.05, 0.1) is 11.9 Å². The Morgan fingerprint density at radius 1 is 1.45 bits per heavy atom. The summed E-state index contributed by atoms with van der Waals surface area (Å²) in [4.78, 5) is 4.50. The Kier molecular flexibility index (Phi) is 2.03. The molecule has 1 aliphatic carbocycles. The number of aliphatic imine (C=N–C) groups is 1. The van der Waals surface area contributed by atoms with Crippen molar-refractivity contribution in [3.63, 3.8) is 0 Å². The van der Waals surface area contributed by atoms with Crippen LogP contribution in [0.4, 0.5) is 0 Å². The van der Waals surface area contributed by atoms with E-state index in [4.69, 9.17) is 11.6 Å². The highest BCUT2D eigenvalue weighted by molar-refractivity contribution is 6.28. The van der Waals surface area contributed by atoms with Crippen molar-refractivity contribution in [2.75, 3.05) is 5.88 Å². The molecule has 0 radical (unpaired) electrons. The molecule has 0 aromatic carbocycles. The van der Waals surface area contributed by atoms with Gasteiger partial charge in [-0.25, -0.2) is 0 Å². The highest BCUT2D eigenvalue weighted by atomic mass is 35.5. The number of fused-ring (bicyclic) bond motifs is 1. The van der Waals surface area contributed by atoms with E-state index in [1.54, 1.807) is 0 Å². The maximum absolute atomic E-state index is 5.68. The van der Waals surface area contributed by atoms with Crippen molar-refractivity contribution in [1.29, 1.82) is 0 Å². The fourth-order valence-corrected chi connectivity index (χ4v) is 2.10. The highest BCUT2D eigenvalue weighted by Crippen LogP contribution is 2.24. The van der Waals surface area contributed by atoms with Crippen molar-refractivity contribution in [2.24, 2.45) is 4.99 Å². The molecule has 2 rings (SSSR count). The molecule has 2 aliphatic rings. The lowest BCUT2D eigenvalue weighted by Gasteiger charge is -2.23. The molecule has 0 spiro atoms. The van der Waals surface area contributed by atoms with Crippen LogP contribution in [0.15, 0.2) is 4.99 Å². The molecule has 3 heteroatoms. The van der Waals surface area contributed by atoms with Crippen molar-refractivity contribution in [2.45, 2.75) is 37.8 Å². The first-order valence-electron chi connectivity index (χ1n) is 4.29. The minimum Gasteiger partial charge on any atom is -0.368 e. The third-order valence-corrected chi connectivity index (χ3v) is 2.78. The molecule has 0 bridgehead atoms. The first-order chi connectivity index (χ1) is 5.40. The molecule has 2 atom stereocenters. The highest BCUT2D eigenvalue weighted by Gasteiger charge is 2.29. The van der Waals surface area contributed by atoms with Crippen LogP contribution < -0.4 is 5.32 Å². The second kappa shape index (κ2) is 3.02. The normalized spacial score (nSPS) is 35.9. The maximum atomic E-state index is 5.68. The summed E-state index contributed by atoms with van der Waals surface area (Å²) in [5.41, 5.74) is 0. The van der Waals surface area contributed by atoms with Crippen molar-refractivity contribution in [1.82, 2.24) is 5.32 Å². The average molecular weight is 173 g/mol. The van der Waals surface area contributed by atoms with Crippen molar-refractivity contribution < 1.29 is 0 Å². The number of nitrogens with zero attached hydrogens (tertiary/aromatic N) is 1. The van der Waals surface area contributed by atoms with Gasteiger partial charge in [0.15, 0.2) is 0 Å². The summed E-state index contributed by atoms with van der Waals surface area (Å²) in [6.45, 7) is 0. The zero-order chi connectivity index (χ0) is 7.68. The van der Waals surface area contributed by atoms with Gasteiger partial charge in [0, 0.05) is 6.04 Å². The lowest BCUT2D eigenvalue weighted by Crippen LogP contribution is -2.37. The summed E-state index contributed by atoms with van der Waals surface area (Å²) in [5.74, 6) is 1.55. The van der Waals surface area contributed by atoms with Crippen LogP contribution in [-0.2, 0) is 0 Å². The molecule has 1 aliphatic heterocycles. The molecule has 62 valence electrons. The minimum absolute atomic E-state index is 0.539. The molecule has 1 N–H and O–H groups in total. The van der Waals surface area contributed by atoms with Gasteiger partial charge in [-0.1, -0.05) is 12.8 Å². The summed E-state index contributed by atoms with van der Waals surface area (Å²) in [7, 11) is 0. The molecule has 11 heavy (non-hydrogen) atoms. The predicted octanol–water partition coefficient (Wildman–Crippen LogP) is 1.54. The fourth-order valence-electron chi connectivity index (χ4n) is 1.96. The van der Waals surface area contributed by atoms with Crippen LogP contribution in [-0.4, -0.2) is 23.8 Å². The number of rotatable bonds is 1. The van der Waals surface area contributed by atoms with E-state index in [1.807, 2.05) is 0 Å². The number of halogens is 1. The van der Waals surface area contributed by atoms with Crippen LogP contribution in [0.2, 0.25) is 0 Å². The van der Waals surface area contributed by atoms with E-state index >= 15 is 0 Å². The maximum Gasteiger partial charge on any atom is 0.112 e. The van der Waals surface area contributed by atoms with E-state index < -0.39 is 0 Å². The van der Waals surface area contributed by atoms with Crippen molar-refractivity contribution >= 4 is 17.4 Å². The van der Waals surface area contributed by atoms with E-state index in [0.717, 1.165) is 5.84 Å². The van der Waals surface area contributed by atoms with Gasteiger partial charge in [0.2, 0.25) is 0 Å². The van der Waals surface area contributed by atoms with E-state index in [0.29, 0.717) is 18.0 Å². The molecule has 0 saturated heterocycles. The molecule has 2 nitrogen and oxygen atoms in total. The standard InChI is InChI=1S/C8H13ClN2/c9-5-8-10-6-3-1-2-4-7(6)11-8/h6-7H,1-5H2,(H,10,11). The fraction of sp³-hybridized carbons (Fsp3) is 0.875. The number of hydrogen-bond donors (Lipinski definition) is 1. The van der Waals surface area contributed by atoms with Crippen LogP contribution in [0.5, 0.6) is 0 Å². The molecule has 1 saturated carbocycles. The largest absolute Gasteiger partial charge is 0.368 e. The average Bonchev–Trinajstić information content (AvgIpc) is 2.46. The van der Waals surface area contributed by atoms with Gasteiger partial charge in [-0.3, -0.25) is 4.99 Å².